The van der Waals surface area contributed by atoms with E-state index in [2.05, 4.69) is 20.2 Å². The second kappa shape index (κ2) is 9.00. The van der Waals surface area contributed by atoms with Crippen LogP contribution in [0.2, 0.25) is 0 Å². The predicted molar refractivity (Wildman–Crippen MR) is 130 cm³/mol. The number of nitrogens with zero attached hydrogens (tertiary/aromatic N) is 4. The molecular weight excluding hydrogens is 474 g/mol. The minimum Gasteiger partial charge on any atom is -0.440 e. The highest BCUT2D eigenvalue weighted by molar-refractivity contribution is 7.73. The van der Waals surface area contributed by atoms with Gasteiger partial charge in [-0.1, -0.05) is 17.0 Å². The van der Waals surface area contributed by atoms with Crippen molar-refractivity contribution in [1.29, 1.82) is 4.78 Å². The van der Waals surface area contributed by atoms with Crippen LogP contribution >= 0.6 is 0 Å². The van der Waals surface area contributed by atoms with Gasteiger partial charge in [-0.15, -0.1) is 0 Å². The minimum atomic E-state index is -2.67. The first-order valence-corrected chi connectivity index (χ1v) is 13.1. The third-order valence-electron chi connectivity index (χ3n) is 7.41. The summed E-state index contributed by atoms with van der Waals surface area (Å²) >= 11 is 0. The van der Waals surface area contributed by atoms with Gasteiger partial charge in [0.2, 0.25) is 5.95 Å². The normalized spacial score (nSPS) is 20.8. The maximum atomic E-state index is 13.6. The number of benzene rings is 1. The Labute approximate surface area is 205 Å². The van der Waals surface area contributed by atoms with Gasteiger partial charge in [0.05, 0.1) is 5.56 Å². The Balaban J connectivity index is 1.38. The molecule has 3 heterocycles. The molecule has 35 heavy (non-hydrogen) atoms. The molecule has 1 aliphatic carbocycles. The average Bonchev–Trinajstić information content (AvgIpc) is 3.57. The molecule has 1 aromatic carbocycles. The number of anilines is 3. The molecule has 1 aromatic heterocycles. The van der Waals surface area contributed by atoms with Crippen LogP contribution in [0, 0.1) is 17.1 Å². The highest BCUT2D eigenvalue weighted by atomic mass is 32.2. The SMILES string of the molecule is Cc1cc(NC(=O)c2ccc([S-](=N)=O)cc2N2CCC3(CC2)CC3)nc(N2CCC(F)(F)CC2)n1. The Morgan fingerprint density at radius 3 is 2.29 bits per heavy atom. The molecule has 2 N–H and O–H groups in total. The summed E-state index contributed by atoms with van der Waals surface area (Å²) in [6.07, 6.45) is 4.13. The highest BCUT2D eigenvalue weighted by Gasteiger charge is 2.44. The molecule has 0 unspecified atom stereocenters. The summed E-state index contributed by atoms with van der Waals surface area (Å²) in [5.41, 5.74) is 2.16. The number of nitrogens with one attached hydrogen (secondary N) is 2. The van der Waals surface area contributed by atoms with E-state index in [1.807, 2.05) is 0 Å². The zero-order chi connectivity index (χ0) is 24.8. The van der Waals surface area contributed by atoms with Gasteiger partial charge in [0, 0.05) is 56.5 Å². The lowest BCUT2D eigenvalue weighted by atomic mass is 9.93. The van der Waals surface area contributed by atoms with Crippen molar-refractivity contribution in [3.05, 3.63) is 35.5 Å². The first kappa shape index (κ1) is 23.9. The largest absolute Gasteiger partial charge is 0.440 e. The van der Waals surface area contributed by atoms with Crippen LogP contribution in [0.15, 0.2) is 29.2 Å². The van der Waals surface area contributed by atoms with Gasteiger partial charge < -0.3 is 24.1 Å². The lowest BCUT2D eigenvalue weighted by Crippen LogP contribution is -2.40. The Kier molecular flexibility index (Phi) is 6.14. The standard InChI is InChI=1S/C24H29F2N6O2S/c1-16-14-20(30-22(28-16)32-12-8-24(25,26)9-13-32)29-21(33)18-3-2-17(35(27)34)15-19(18)31-10-6-23(4-5-23)7-11-31/h2-3,14-15,27H,4-13H2,1H3,(H,28,29,30,33)/q-1. The molecular formula is C24H29F2N6O2S-. The summed E-state index contributed by atoms with van der Waals surface area (Å²) in [5.74, 6) is -2.43. The van der Waals surface area contributed by atoms with E-state index in [-0.39, 0.29) is 31.8 Å². The van der Waals surface area contributed by atoms with Crippen molar-refractivity contribution in [2.75, 3.05) is 41.3 Å². The van der Waals surface area contributed by atoms with E-state index in [4.69, 9.17) is 4.78 Å². The van der Waals surface area contributed by atoms with Crippen molar-refractivity contribution in [2.24, 2.45) is 5.41 Å². The number of aromatic nitrogens is 2. The molecule has 0 atom stereocenters. The highest BCUT2D eigenvalue weighted by Crippen LogP contribution is 2.54. The lowest BCUT2D eigenvalue weighted by molar-refractivity contribution is -0.0222. The quantitative estimate of drug-likeness (QED) is 0.572. The zero-order valence-electron chi connectivity index (χ0n) is 19.6. The van der Waals surface area contributed by atoms with Crippen molar-refractivity contribution in [3.63, 3.8) is 0 Å². The summed E-state index contributed by atoms with van der Waals surface area (Å²) in [6.45, 7) is 3.69. The van der Waals surface area contributed by atoms with E-state index in [0.717, 1.165) is 25.9 Å². The van der Waals surface area contributed by atoms with Gasteiger partial charge in [-0.05, 0) is 44.1 Å². The van der Waals surface area contributed by atoms with Crippen LogP contribution in [0.4, 0.5) is 26.2 Å². The smallest absolute Gasteiger partial charge is 0.258 e. The van der Waals surface area contributed by atoms with E-state index in [9.17, 15) is 17.8 Å². The van der Waals surface area contributed by atoms with Crippen molar-refractivity contribution >= 4 is 34.0 Å². The Bertz CT molecular complexity index is 1200. The second-order valence-corrected chi connectivity index (χ2v) is 10.9. The number of piperidine rings is 2. The fourth-order valence-electron chi connectivity index (χ4n) is 4.96. The molecule has 1 amide bonds. The third kappa shape index (κ3) is 5.24. The average molecular weight is 504 g/mol. The number of amides is 1. The molecule has 5 rings (SSSR count). The van der Waals surface area contributed by atoms with Gasteiger partial charge >= 0.3 is 0 Å². The van der Waals surface area contributed by atoms with Gasteiger partial charge in [-0.2, -0.15) is 15.6 Å². The van der Waals surface area contributed by atoms with Gasteiger partial charge in [0.1, 0.15) is 5.82 Å². The summed E-state index contributed by atoms with van der Waals surface area (Å²) in [4.78, 5) is 26.4. The van der Waals surface area contributed by atoms with Crippen LogP contribution in [-0.4, -0.2) is 48.0 Å². The molecule has 3 aliphatic rings. The number of alkyl halides is 2. The van der Waals surface area contributed by atoms with Crippen LogP contribution < -0.4 is 15.1 Å². The van der Waals surface area contributed by atoms with Crippen LogP contribution in [0.25, 0.3) is 0 Å². The molecule has 1 saturated carbocycles. The number of rotatable bonds is 5. The third-order valence-corrected chi connectivity index (χ3v) is 8.09. The molecule has 2 aromatic rings. The Hall–Kier alpha value is -2.82. The molecule has 188 valence electrons. The fraction of sp³-hybridized carbons (Fsp3) is 0.542. The fourth-order valence-corrected chi connectivity index (χ4v) is 5.37. The topological polar surface area (TPSA) is 102 Å². The Morgan fingerprint density at radius 2 is 1.66 bits per heavy atom. The van der Waals surface area contributed by atoms with E-state index >= 15 is 0 Å². The molecule has 1 spiro atoms. The molecule has 0 radical (unpaired) electrons. The summed E-state index contributed by atoms with van der Waals surface area (Å²) in [5, 5.41) is 2.84. The van der Waals surface area contributed by atoms with Gasteiger partial charge in [0.25, 0.3) is 11.8 Å². The molecule has 3 fully saturated rings. The summed E-state index contributed by atoms with van der Waals surface area (Å²) in [6, 6.07) is 6.46. The number of aryl methyl sites for hydroxylation is 1. The van der Waals surface area contributed by atoms with E-state index in [1.165, 1.54) is 12.8 Å². The van der Waals surface area contributed by atoms with E-state index < -0.39 is 16.5 Å². The van der Waals surface area contributed by atoms with E-state index in [1.54, 1.807) is 36.1 Å². The van der Waals surface area contributed by atoms with Crippen LogP contribution in [0.1, 0.15) is 54.6 Å². The number of halogens is 2. The summed E-state index contributed by atoms with van der Waals surface area (Å²) in [7, 11) is -1.91. The van der Waals surface area contributed by atoms with Crippen LogP contribution in [0.3, 0.4) is 0 Å². The molecule has 0 bridgehead atoms. The van der Waals surface area contributed by atoms with Gasteiger partial charge in [-0.25, -0.2) is 13.8 Å². The maximum Gasteiger partial charge on any atom is 0.258 e. The number of hydrogen-bond acceptors (Lipinski definition) is 8. The van der Waals surface area contributed by atoms with Crippen molar-refractivity contribution in [1.82, 2.24) is 9.97 Å². The first-order valence-electron chi connectivity index (χ1n) is 12.0. The molecule has 2 aliphatic heterocycles. The second-order valence-electron chi connectivity index (χ2n) is 9.93. The van der Waals surface area contributed by atoms with Gasteiger partial charge in [-0.3, -0.25) is 4.79 Å². The van der Waals surface area contributed by atoms with Crippen molar-refractivity contribution < 1.29 is 17.8 Å². The van der Waals surface area contributed by atoms with E-state index in [0.29, 0.717) is 39.0 Å². The number of carbonyl (C=O) groups is 1. The van der Waals surface area contributed by atoms with Crippen LogP contribution in [0.5, 0.6) is 0 Å². The lowest BCUT2D eigenvalue weighted by Gasteiger charge is -2.35. The van der Waals surface area contributed by atoms with Crippen molar-refractivity contribution in [3.8, 4) is 0 Å². The minimum absolute atomic E-state index is 0.149. The first-order chi connectivity index (χ1) is 16.6. The monoisotopic (exact) mass is 503 g/mol. The predicted octanol–water partition coefficient (Wildman–Crippen LogP) is 4.74. The van der Waals surface area contributed by atoms with Crippen LogP contribution in [-0.2, 0) is 14.8 Å². The Morgan fingerprint density at radius 1 is 1.00 bits per heavy atom. The summed E-state index contributed by atoms with van der Waals surface area (Å²) < 4.78 is 46.6. The zero-order valence-corrected chi connectivity index (χ0v) is 20.5. The van der Waals surface area contributed by atoms with Gasteiger partial charge in [0.15, 0.2) is 0 Å². The molecule has 2 saturated heterocycles. The molecule has 8 nitrogen and oxygen atoms in total. The molecule has 11 heteroatoms. The van der Waals surface area contributed by atoms with Crippen molar-refractivity contribution in [2.45, 2.75) is 56.3 Å². The number of hydrogen-bond donors (Lipinski definition) is 2. The number of carbonyl (C=O) groups excluding carboxylic acids is 1. The maximum absolute atomic E-state index is 13.6.